The van der Waals surface area contributed by atoms with Crippen LogP contribution in [0.25, 0.3) is 0 Å². The van der Waals surface area contributed by atoms with Gasteiger partial charge < -0.3 is 14.2 Å². The highest BCUT2D eigenvalue weighted by atomic mass is 32.2. The van der Waals surface area contributed by atoms with Gasteiger partial charge in [0, 0.05) is 6.92 Å². The van der Waals surface area contributed by atoms with E-state index in [1.165, 1.54) is 6.92 Å². The van der Waals surface area contributed by atoms with E-state index in [9.17, 15) is 18.0 Å². The average Bonchev–Trinajstić information content (AvgIpc) is 3.33. The number of Topliss-reactive ketones (excluding diaryl/α,β-unsaturated/α-hetero) is 1. The van der Waals surface area contributed by atoms with Gasteiger partial charge >= 0.3 is 5.97 Å². The molecule has 4 aliphatic rings. The second-order valence-electron chi connectivity index (χ2n) is 8.32. The minimum atomic E-state index is -3.87. The quantitative estimate of drug-likeness (QED) is 0.294. The zero-order valence-corrected chi connectivity index (χ0v) is 16.6. The zero-order chi connectivity index (χ0) is 19.8. The van der Waals surface area contributed by atoms with Gasteiger partial charge in [0.2, 0.25) is 0 Å². The van der Waals surface area contributed by atoms with E-state index in [0.29, 0.717) is 6.42 Å². The van der Waals surface area contributed by atoms with Gasteiger partial charge in [0.05, 0.1) is 29.8 Å². The monoisotopic (exact) mass is 400 g/mol. The third kappa shape index (κ3) is 2.41. The lowest BCUT2D eigenvalue weighted by Crippen LogP contribution is -2.65. The summed E-state index contributed by atoms with van der Waals surface area (Å²) in [6, 6.07) is 0. The molecule has 0 aromatic carbocycles. The fourth-order valence-electron chi connectivity index (χ4n) is 5.28. The molecule has 3 fully saturated rings. The van der Waals surface area contributed by atoms with Crippen LogP contribution in [0.5, 0.6) is 0 Å². The van der Waals surface area contributed by atoms with Crippen LogP contribution in [0.3, 0.4) is 0 Å². The van der Waals surface area contributed by atoms with Gasteiger partial charge in [-0.05, 0) is 26.7 Å². The molecule has 2 aliphatic heterocycles. The molecule has 0 aromatic heterocycles. The Morgan fingerprint density at radius 2 is 2.07 bits per heavy atom. The number of carbonyl (C=O) groups excluding carboxylic acids is 2. The molecular formula is C18H24O8S. The fraction of sp³-hybridized carbons (Fsp3) is 0.778. The van der Waals surface area contributed by atoms with E-state index < -0.39 is 50.8 Å². The molecule has 0 radical (unpaired) electrons. The van der Waals surface area contributed by atoms with Gasteiger partial charge in [-0.2, -0.15) is 8.42 Å². The van der Waals surface area contributed by atoms with E-state index >= 15 is 0 Å². The Kier molecular flexibility index (Phi) is 3.97. The van der Waals surface area contributed by atoms with Crippen molar-refractivity contribution in [2.45, 2.75) is 57.5 Å². The van der Waals surface area contributed by atoms with Crippen LogP contribution < -0.4 is 0 Å². The van der Waals surface area contributed by atoms with Gasteiger partial charge in [0.15, 0.2) is 11.9 Å². The second kappa shape index (κ2) is 5.62. The molecule has 2 aliphatic carbocycles. The Balaban J connectivity index is 1.85. The maximum atomic E-state index is 13.5. The van der Waals surface area contributed by atoms with Crippen molar-refractivity contribution in [2.75, 3.05) is 19.5 Å². The number of rotatable bonds is 4. The molecule has 0 amide bonds. The molecule has 2 saturated heterocycles. The Morgan fingerprint density at radius 1 is 1.41 bits per heavy atom. The van der Waals surface area contributed by atoms with Crippen molar-refractivity contribution >= 4 is 21.9 Å². The molecule has 9 heteroatoms. The highest BCUT2D eigenvalue weighted by Gasteiger charge is 2.85. The van der Waals surface area contributed by atoms with Gasteiger partial charge in [-0.3, -0.25) is 13.8 Å². The van der Waals surface area contributed by atoms with Gasteiger partial charge in [0.25, 0.3) is 10.1 Å². The van der Waals surface area contributed by atoms with Crippen LogP contribution in [0.1, 0.15) is 33.6 Å². The number of hydrogen-bond acceptors (Lipinski definition) is 8. The molecule has 1 saturated carbocycles. The number of epoxide rings is 1. The number of hydrogen-bond donors (Lipinski definition) is 0. The van der Waals surface area contributed by atoms with Crippen molar-refractivity contribution in [3.8, 4) is 0 Å². The summed E-state index contributed by atoms with van der Waals surface area (Å²) in [5.74, 6) is -0.807. The minimum absolute atomic E-state index is 0.00243. The zero-order valence-electron chi connectivity index (χ0n) is 15.8. The summed E-state index contributed by atoms with van der Waals surface area (Å²) in [4.78, 5) is 25.1. The first kappa shape index (κ1) is 19.0. The van der Waals surface area contributed by atoms with Crippen LogP contribution in [-0.4, -0.2) is 63.6 Å². The van der Waals surface area contributed by atoms with Crippen molar-refractivity contribution in [3.05, 3.63) is 11.6 Å². The maximum Gasteiger partial charge on any atom is 0.302 e. The number of fused-ring (bicyclic) bond motifs is 2. The van der Waals surface area contributed by atoms with Gasteiger partial charge in [-0.15, -0.1) is 0 Å². The summed E-state index contributed by atoms with van der Waals surface area (Å²) >= 11 is 0. The molecular weight excluding hydrogens is 376 g/mol. The lowest BCUT2D eigenvalue weighted by atomic mass is 9.52. The Hall–Kier alpha value is -1.29. The Morgan fingerprint density at radius 3 is 2.63 bits per heavy atom. The van der Waals surface area contributed by atoms with Crippen LogP contribution in [0.15, 0.2) is 11.6 Å². The predicted molar refractivity (Wildman–Crippen MR) is 92.2 cm³/mol. The van der Waals surface area contributed by atoms with E-state index in [1.807, 2.05) is 13.0 Å². The Labute approximate surface area is 158 Å². The van der Waals surface area contributed by atoms with Crippen molar-refractivity contribution in [1.82, 2.24) is 0 Å². The summed E-state index contributed by atoms with van der Waals surface area (Å²) in [6.45, 7) is 5.37. The van der Waals surface area contributed by atoms with E-state index in [-0.39, 0.29) is 19.0 Å². The molecule has 4 rings (SSSR count). The van der Waals surface area contributed by atoms with Crippen molar-refractivity contribution in [1.29, 1.82) is 0 Å². The minimum Gasteiger partial charge on any atom is -0.465 e. The summed E-state index contributed by atoms with van der Waals surface area (Å²) in [6.07, 6.45) is 1.58. The smallest absolute Gasteiger partial charge is 0.302 e. The number of allylic oxidation sites excluding steroid dienone is 1. The number of ketones is 1. The average molecular weight is 400 g/mol. The molecule has 27 heavy (non-hydrogen) atoms. The van der Waals surface area contributed by atoms with Gasteiger partial charge in [-0.1, -0.05) is 11.6 Å². The highest BCUT2D eigenvalue weighted by Crippen LogP contribution is 2.70. The van der Waals surface area contributed by atoms with E-state index in [1.54, 1.807) is 6.92 Å². The standard InChI is InChI=1S/C18H24O8S/c1-10-5-6-17(8-23-11(2)19)12(7-10)25-15-13(26-27(4,21)22)14(20)16(17,3)18(15)9-24-18/h7,12-13,15H,5-6,8-9H2,1-4H3. The number of carbonyl (C=O) groups is 2. The van der Waals surface area contributed by atoms with Crippen molar-refractivity contribution in [2.24, 2.45) is 10.8 Å². The molecule has 6 atom stereocenters. The largest absolute Gasteiger partial charge is 0.465 e. The first-order valence-electron chi connectivity index (χ1n) is 8.99. The molecule has 6 unspecified atom stereocenters. The summed E-state index contributed by atoms with van der Waals surface area (Å²) < 4.78 is 46.1. The summed E-state index contributed by atoms with van der Waals surface area (Å²) in [7, 11) is -3.87. The van der Waals surface area contributed by atoms with Gasteiger partial charge in [0.1, 0.15) is 18.3 Å². The normalized spacial score (nSPS) is 45.4. The van der Waals surface area contributed by atoms with Crippen molar-refractivity contribution < 1.29 is 36.4 Å². The lowest BCUT2D eigenvalue weighted by molar-refractivity contribution is -0.219. The first-order chi connectivity index (χ1) is 12.5. The number of esters is 1. The van der Waals surface area contributed by atoms with Gasteiger partial charge in [-0.25, -0.2) is 0 Å². The van der Waals surface area contributed by atoms with Crippen LogP contribution in [0.2, 0.25) is 0 Å². The topological polar surface area (TPSA) is 108 Å². The van der Waals surface area contributed by atoms with E-state index in [4.69, 9.17) is 18.4 Å². The summed E-state index contributed by atoms with van der Waals surface area (Å²) in [5, 5.41) is 0. The number of ether oxygens (including phenoxy) is 3. The van der Waals surface area contributed by atoms with E-state index in [2.05, 4.69) is 0 Å². The summed E-state index contributed by atoms with van der Waals surface area (Å²) in [5.41, 5.74) is -1.76. The molecule has 0 N–H and O–H groups in total. The fourth-order valence-corrected chi connectivity index (χ4v) is 5.84. The predicted octanol–water partition coefficient (Wildman–Crippen LogP) is 0.746. The molecule has 0 aromatic rings. The molecule has 2 heterocycles. The lowest BCUT2D eigenvalue weighted by Gasteiger charge is -2.56. The van der Waals surface area contributed by atoms with Crippen LogP contribution in [0.4, 0.5) is 0 Å². The molecule has 1 spiro atoms. The van der Waals surface area contributed by atoms with Crippen molar-refractivity contribution in [3.63, 3.8) is 0 Å². The maximum absolute atomic E-state index is 13.5. The van der Waals surface area contributed by atoms with Crippen LogP contribution in [0, 0.1) is 10.8 Å². The molecule has 2 bridgehead atoms. The Bertz CT molecular complexity index is 841. The third-order valence-electron chi connectivity index (χ3n) is 6.83. The highest BCUT2D eigenvalue weighted by molar-refractivity contribution is 7.86. The van der Waals surface area contributed by atoms with Crippen LogP contribution >= 0.6 is 0 Å². The first-order valence-corrected chi connectivity index (χ1v) is 10.8. The third-order valence-corrected chi connectivity index (χ3v) is 7.39. The SMILES string of the molecule is CC(=O)OCC12CCC(C)=CC1OC1C(OS(C)(=O)=O)C(=O)C2(C)C12CO2. The molecule has 150 valence electrons. The second-order valence-corrected chi connectivity index (χ2v) is 9.92. The van der Waals surface area contributed by atoms with Crippen LogP contribution in [-0.2, 0) is 38.1 Å². The molecule has 8 nitrogen and oxygen atoms in total. The van der Waals surface area contributed by atoms with E-state index in [0.717, 1.165) is 18.2 Å².